The number of carbonyl (C=O) groups is 2. The minimum Gasteiger partial charge on any atom is -0.497 e. The Morgan fingerprint density at radius 3 is 2.35 bits per heavy atom. The van der Waals surface area contributed by atoms with Crippen molar-refractivity contribution < 1.29 is 14.3 Å². The summed E-state index contributed by atoms with van der Waals surface area (Å²) in [4.78, 5) is 33.1. The van der Waals surface area contributed by atoms with Gasteiger partial charge in [0.25, 0.3) is 0 Å². The molecule has 4 aromatic rings. The SMILES string of the molecule is COc1ccc2[nH]cc(C3=C(Cl)C(=O)C(c4c(C)[nH]c5ccccc45)=C(Cl)C3=O)c2c1. The fourth-order valence-corrected chi connectivity index (χ4v) is 4.70. The first-order chi connectivity index (χ1) is 14.9. The maximum Gasteiger partial charge on any atom is 0.207 e. The summed E-state index contributed by atoms with van der Waals surface area (Å²) in [5, 5.41) is 1.22. The fourth-order valence-electron chi connectivity index (χ4n) is 4.14. The van der Waals surface area contributed by atoms with Crippen LogP contribution >= 0.6 is 23.2 Å². The number of para-hydroxylation sites is 1. The van der Waals surface area contributed by atoms with Crippen LogP contribution in [0.2, 0.25) is 0 Å². The molecule has 0 saturated heterocycles. The maximum atomic E-state index is 13.4. The third-order valence-electron chi connectivity index (χ3n) is 5.59. The van der Waals surface area contributed by atoms with Gasteiger partial charge in [0.2, 0.25) is 11.6 Å². The number of carbonyl (C=O) groups excluding carboxylic acids is 2. The summed E-state index contributed by atoms with van der Waals surface area (Å²) in [5.74, 6) is -0.350. The highest BCUT2D eigenvalue weighted by Gasteiger charge is 2.37. The summed E-state index contributed by atoms with van der Waals surface area (Å²) in [5.41, 5.74) is 3.67. The molecular weight excluding hydrogens is 435 g/mol. The highest BCUT2D eigenvalue weighted by Crippen LogP contribution is 2.43. The topological polar surface area (TPSA) is 75.0 Å². The van der Waals surface area contributed by atoms with Gasteiger partial charge in [-0.3, -0.25) is 9.59 Å². The summed E-state index contributed by atoms with van der Waals surface area (Å²) in [7, 11) is 1.56. The molecule has 0 spiro atoms. The standard InChI is InChI=1S/C24H16Cl2N2O3/c1-11-18(13-5-3-4-6-17(13)28-11)20-22(26)23(29)19(21(25)24(20)30)15-10-27-16-8-7-12(31-2)9-14(15)16/h3-10,27-28H,1-2H3. The Bertz CT molecular complexity index is 1490. The van der Waals surface area contributed by atoms with Crippen LogP contribution in [-0.2, 0) is 9.59 Å². The largest absolute Gasteiger partial charge is 0.497 e. The van der Waals surface area contributed by atoms with E-state index >= 15 is 0 Å². The van der Waals surface area contributed by atoms with Crippen molar-refractivity contribution in [3.8, 4) is 5.75 Å². The highest BCUT2D eigenvalue weighted by atomic mass is 35.5. The van der Waals surface area contributed by atoms with Crippen molar-refractivity contribution in [3.63, 3.8) is 0 Å². The molecule has 2 aromatic carbocycles. The second-order valence-electron chi connectivity index (χ2n) is 7.32. The average molecular weight is 451 g/mol. The first kappa shape index (κ1) is 19.7. The Hall–Kier alpha value is -3.28. The minimum absolute atomic E-state index is 0.0809. The van der Waals surface area contributed by atoms with E-state index in [0.29, 0.717) is 22.3 Å². The third kappa shape index (κ3) is 2.85. The van der Waals surface area contributed by atoms with E-state index in [1.807, 2.05) is 37.3 Å². The monoisotopic (exact) mass is 450 g/mol. The predicted molar refractivity (Wildman–Crippen MR) is 123 cm³/mol. The lowest BCUT2D eigenvalue weighted by Crippen LogP contribution is -2.19. The van der Waals surface area contributed by atoms with Crippen LogP contribution in [-0.4, -0.2) is 28.6 Å². The van der Waals surface area contributed by atoms with Crippen LogP contribution in [0.3, 0.4) is 0 Å². The average Bonchev–Trinajstić information content (AvgIpc) is 3.33. The Balaban J connectivity index is 1.72. The molecular formula is C24H16Cl2N2O3. The summed E-state index contributed by atoms with van der Waals surface area (Å²) in [6.45, 7) is 1.84. The summed E-state index contributed by atoms with van der Waals surface area (Å²) in [6, 6.07) is 13.0. The van der Waals surface area contributed by atoms with Gasteiger partial charge in [0, 0.05) is 44.8 Å². The zero-order chi connectivity index (χ0) is 21.9. The zero-order valence-electron chi connectivity index (χ0n) is 16.6. The van der Waals surface area contributed by atoms with E-state index in [0.717, 1.165) is 22.1 Å². The number of benzene rings is 2. The van der Waals surface area contributed by atoms with Gasteiger partial charge in [-0.1, -0.05) is 41.4 Å². The van der Waals surface area contributed by atoms with Crippen LogP contribution in [0.4, 0.5) is 0 Å². The van der Waals surface area contributed by atoms with Crippen LogP contribution in [0.5, 0.6) is 5.75 Å². The van der Waals surface area contributed by atoms with Gasteiger partial charge in [-0.05, 0) is 31.2 Å². The second kappa shape index (κ2) is 7.15. The van der Waals surface area contributed by atoms with Gasteiger partial charge in [-0.25, -0.2) is 0 Å². The van der Waals surface area contributed by atoms with Gasteiger partial charge in [0.05, 0.1) is 18.3 Å². The first-order valence-corrected chi connectivity index (χ1v) is 10.3. The summed E-state index contributed by atoms with van der Waals surface area (Å²) in [6.07, 6.45) is 1.65. The van der Waals surface area contributed by atoms with E-state index in [9.17, 15) is 9.59 Å². The van der Waals surface area contributed by atoms with Crippen molar-refractivity contribution in [1.82, 2.24) is 9.97 Å². The van der Waals surface area contributed by atoms with Gasteiger partial charge in [-0.2, -0.15) is 0 Å². The van der Waals surface area contributed by atoms with Crippen LogP contribution in [0.1, 0.15) is 16.8 Å². The molecule has 0 saturated carbocycles. The molecule has 31 heavy (non-hydrogen) atoms. The molecule has 0 radical (unpaired) electrons. The molecule has 0 atom stereocenters. The number of hydrogen-bond acceptors (Lipinski definition) is 3. The van der Waals surface area contributed by atoms with Crippen molar-refractivity contribution >= 4 is 67.7 Å². The number of halogens is 2. The molecule has 5 rings (SSSR count). The van der Waals surface area contributed by atoms with E-state index in [1.54, 1.807) is 25.4 Å². The molecule has 1 aliphatic rings. The Morgan fingerprint density at radius 2 is 1.58 bits per heavy atom. The highest BCUT2D eigenvalue weighted by molar-refractivity contribution is 6.68. The molecule has 0 bridgehead atoms. The van der Waals surface area contributed by atoms with Gasteiger partial charge >= 0.3 is 0 Å². The van der Waals surface area contributed by atoms with Crippen molar-refractivity contribution in [2.75, 3.05) is 7.11 Å². The van der Waals surface area contributed by atoms with Crippen molar-refractivity contribution in [2.24, 2.45) is 0 Å². The Kier molecular flexibility index (Phi) is 4.54. The van der Waals surface area contributed by atoms with Crippen molar-refractivity contribution in [1.29, 1.82) is 0 Å². The number of hydrogen-bond donors (Lipinski definition) is 2. The van der Waals surface area contributed by atoms with E-state index in [-0.39, 0.29) is 21.2 Å². The van der Waals surface area contributed by atoms with Gasteiger partial charge in [0.1, 0.15) is 15.8 Å². The molecule has 5 nitrogen and oxygen atoms in total. The smallest absolute Gasteiger partial charge is 0.207 e. The Morgan fingerprint density at radius 1 is 0.871 bits per heavy atom. The molecule has 154 valence electrons. The number of aryl methyl sites for hydroxylation is 1. The van der Waals surface area contributed by atoms with E-state index < -0.39 is 11.6 Å². The molecule has 0 unspecified atom stereocenters. The number of fused-ring (bicyclic) bond motifs is 2. The number of methoxy groups -OCH3 is 1. The lowest BCUT2D eigenvalue weighted by molar-refractivity contribution is -0.113. The molecule has 2 N–H and O–H groups in total. The maximum absolute atomic E-state index is 13.4. The van der Waals surface area contributed by atoms with Crippen LogP contribution in [0.25, 0.3) is 33.0 Å². The number of ether oxygens (including phenoxy) is 1. The molecule has 2 aromatic heterocycles. The Labute approximate surface area is 187 Å². The zero-order valence-corrected chi connectivity index (χ0v) is 18.1. The minimum atomic E-state index is -0.491. The second-order valence-corrected chi connectivity index (χ2v) is 8.08. The number of aromatic amines is 2. The first-order valence-electron chi connectivity index (χ1n) is 9.54. The fraction of sp³-hybridized carbons (Fsp3) is 0.0833. The number of H-pyrrole nitrogens is 2. The number of nitrogens with one attached hydrogen (secondary N) is 2. The van der Waals surface area contributed by atoms with Crippen LogP contribution in [0, 0.1) is 6.92 Å². The third-order valence-corrected chi connectivity index (χ3v) is 6.31. The lowest BCUT2D eigenvalue weighted by Gasteiger charge is -2.18. The molecule has 1 aliphatic carbocycles. The van der Waals surface area contributed by atoms with Crippen molar-refractivity contribution in [2.45, 2.75) is 6.92 Å². The van der Waals surface area contributed by atoms with Gasteiger partial charge < -0.3 is 14.7 Å². The van der Waals surface area contributed by atoms with Gasteiger partial charge in [0.15, 0.2) is 0 Å². The van der Waals surface area contributed by atoms with E-state index in [1.165, 1.54) is 0 Å². The summed E-state index contributed by atoms with van der Waals surface area (Å²) >= 11 is 13.1. The molecule has 0 amide bonds. The van der Waals surface area contributed by atoms with Crippen molar-refractivity contribution in [3.05, 3.63) is 75.5 Å². The van der Waals surface area contributed by atoms with E-state index in [2.05, 4.69) is 9.97 Å². The number of Topliss-reactive ketones (excluding diaryl/α,β-unsaturated/α-hetero) is 2. The van der Waals surface area contributed by atoms with Crippen LogP contribution in [0.15, 0.2) is 58.7 Å². The molecule has 2 heterocycles. The predicted octanol–water partition coefficient (Wildman–Crippen LogP) is 5.72. The number of allylic oxidation sites excluding steroid dienone is 4. The summed E-state index contributed by atoms with van der Waals surface area (Å²) < 4.78 is 5.30. The number of rotatable bonds is 3. The lowest BCUT2D eigenvalue weighted by atomic mass is 9.87. The van der Waals surface area contributed by atoms with E-state index in [4.69, 9.17) is 27.9 Å². The van der Waals surface area contributed by atoms with Gasteiger partial charge in [-0.15, -0.1) is 0 Å². The molecule has 0 fully saturated rings. The van der Waals surface area contributed by atoms with Crippen LogP contribution < -0.4 is 4.74 Å². The quantitative estimate of drug-likeness (QED) is 0.392. The normalized spacial score (nSPS) is 15.0. The molecule has 7 heteroatoms. The molecule has 0 aliphatic heterocycles. The number of aromatic nitrogens is 2. The number of ketones is 2.